The minimum atomic E-state index is -0.737. The summed E-state index contributed by atoms with van der Waals surface area (Å²) >= 11 is 0. The van der Waals surface area contributed by atoms with Gasteiger partial charge in [0, 0.05) is 0 Å². The monoisotopic (exact) mass is 192 g/mol. The molecule has 1 aromatic rings. The first-order valence-corrected chi connectivity index (χ1v) is 4.94. The fourth-order valence-electron chi connectivity index (χ4n) is 1.50. The maximum absolute atomic E-state index is 10.5. The number of hydrogen-bond acceptors (Lipinski definition) is 1. The lowest BCUT2D eigenvalue weighted by atomic mass is 9.96. The molecule has 0 bridgehead atoms. The maximum Gasteiger partial charge on any atom is 0.303 e. The Balaban J connectivity index is 2.78. The molecule has 1 rings (SSSR count). The smallest absolute Gasteiger partial charge is 0.303 e. The highest BCUT2D eigenvalue weighted by atomic mass is 16.4. The van der Waals surface area contributed by atoms with E-state index in [1.807, 2.05) is 19.1 Å². The van der Waals surface area contributed by atoms with Gasteiger partial charge < -0.3 is 5.11 Å². The van der Waals surface area contributed by atoms with Crippen LogP contribution in [0, 0.1) is 0 Å². The molecule has 1 unspecified atom stereocenters. The van der Waals surface area contributed by atoms with E-state index in [0.29, 0.717) is 0 Å². The van der Waals surface area contributed by atoms with Crippen molar-refractivity contribution in [3.05, 3.63) is 35.4 Å². The van der Waals surface area contributed by atoms with Crippen molar-refractivity contribution in [3.8, 4) is 0 Å². The second kappa shape index (κ2) is 4.80. The summed E-state index contributed by atoms with van der Waals surface area (Å²) in [4.78, 5) is 10.5. The number of hydrogen-bond donors (Lipinski definition) is 1. The van der Waals surface area contributed by atoms with Crippen LogP contribution in [-0.4, -0.2) is 11.1 Å². The van der Waals surface area contributed by atoms with E-state index >= 15 is 0 Å². The van der Waals surface area contributed by atoms with Crippen LogP contribution >= 0.6 is 0 Å². The number of aliphatic carboxylic acids is 1. The van der Waals surface area contributed by atoms with Crippen molar-refractivity contribution in [1.29, 1.82) is 0 Å². The molecule has 0 radical (unpaired) electrons. The summed E-state index contributed by atoms with van der Waals surface area (Å²) in [5.41, 5.74) is 2.38. The largest absolute Gasteiger partial charge is 0.481 e. The molecule has 0 aliphatic carbocycles. The van der Waals surface area contributed by atoms with Gasteiger partial charge in [-0.05, 0) is 23.5 Å². The van der Waals surface area contributed by atoms with Gasteiger partial charge in [0.2, 0.25) is 0 Å². The summed E-state index contributed by atoms with van der Waals surface area (Å²) in [7, 11) is 0. The second-order valence-corrected chi connectivity index (χ2v) is 3.60. The molecule has 1 atom stereocenters. The molecule has 1 aromatic carbocycles. The van der Waals surface area contributed by atoms with Crippen LogP contribution in [0.25, 0.3) is 0 Å². The predicted molar refractivity (Wildman–Crippen MR) is 56.5 cm³/mol. The van der Waals surface area contributed by atoms with E-state index in [4.69, 9.17) is 5.11 Å². The molecule has 76 valence electrons. The van der Waals surface area contributed by atoms with Gasteiger partial charge in [-0.3, -0.25) is 4.79 Å². The lowest BCUT2D eigenvalue weighted by Crippen LogP contribution is -2.03. The van der Waals surface area contributed by atoms with Crippen molar-refractivity contribution in [2.24, 2.45) is 0 Å². The Labute approximate surface area is 84.6 Å². The third-order valence-electron chi connectivity index (χ3n) is 2.41. The fraction of sp³-hybridized carbons (Fsp3) is 0.417. The highest BCUT2D eigenvalue weighted by Gasteiger charge is 2.09. The summed E-state index contributed by atoms with van der Waals surface area (Å²) in [5, 5.41) is 8.67. The summed E-state index contributed by atoms with van der Waals surface area (Å²) in [6, 6.07) is 8.14. The highest BCUT2D eigenvalue weighted by Crippen LogP contribution is 2.20. The molecule has 1 N–H and O–H groups in total. The Morgan fingerprint density at radius 2 is 2.21 bits per heavy atom. The number of benzene rings is 1. The van der Waals surface area contributed by atoms with E-state index in [9.17, 15) is 4.79 Å². The molecule has 0 heterocycles. The Morgan fingerprint density at radius 3 is 2.79 bits per heavy atom. The van der Waals surface area contributed by atoms with Crippen molar-refractivity contribution in [2.75, 3.05) is 0 Å². The van der Waals surface area contributed by atoms with Crippen LogP contribution in [0.4, 0.5) is 0 Å². The van der Waals surface area contributed by atoms with Crippen molar-refractivity contribution < 1.29 is 9.90 Å². The maximum atomic E-state index is 10.5. The minimum absolute atomic E-state index is 0.0963. The molecule has 0 fully saturated rings. The van der Waals surface area contributed by atoms with Gasteiger partial charge in [-0.2, -0.15) is 0 Å². The molecule has 0 aliphatic rings. The molecule has 0 aliphatic heterocycles. The topological polar surface area (TPSA) is 37.3 Å². The average Bonchev–Trinajstić information content (AvgIpc) is 2.17. The Morgan fingerprint density at radius 1 is 1.50 bits per heavy atom. The van der Waals surface area contributed by atoms with Gasteiger partial charge in [0.25, 0.3) is 0 Å². The number of aryl methyl sites for hydroxylation is 1. The zero-order chi connectivity index (χ0) is 10.6. The van der Waals surface area contributed by atoms with Gasteiger partial charge in [-0.1, -0.05) is 38.1 Å². The van der Waals surface area contributed by atoms with E-state index in [2.05, 4.69) is 19.1 Å². The van der Waals surface area contributed by atoms with Crippen LogP contribution in [-0.2, 0) is 11.2 Å². The SMILES string of the molecule is CCc1cccc(C(C)CC(=O)O)c1. The molecule has 0 saturated heterocycles. The van der Waals surface area contributed by atoms with Crippen LogP contribution in [0.1, 0.15) is 37.3 Å². The normalized spacial score (nSPS) is 12.4. The molecule has 14 heavy (non-hydrogen) atoms. The van der Waals surface area contributed by atoms with Crippen LogP contribution in [0.5, 0.6) is 0 Å². The molecule has 0 spiro atoms. The van der Waals surface area contributed by atoms with E-state index in [1.165, 1.54) is 5.56 Å². The zero-order valence-electron chi connectivity index (χ0n) is 8.66. The van der Waals surface area contributed by atoms with Crippen molar-refractivity contribution in [3.63, 3.8) is 0 Å². The summed E-state index contributed by atoms with van der Waals surface area (Å²) in [6.45, 7) is 4.05. The summed E-state index contributed by atoms with van der Waals surface area (Å²) in [5.74, 6) is -0.640. The number of rotatable bonds is 4. The van der Waals surface area contributed by atoms with Gasteiger partial charge in [-0.15, -0.1) is 0 Å². The third-order valence-corrected chi connectivity index (χ3v) is 2.41. The third kappa shape index (κ3) is 2.87. The van der Waals surface area contributed by atoms with Crippen LogP contribution in [0.3, 0.4) is 0 Å². The zero-order valence-corrected chi connectivity index (χ0v) is 8.66. The molecule has 0 saturated carbocycles. The lowest BCUT2D eigenvalue weighted by molar-refractivity contribution is -0.137. The van der Waals surface area contributed by atoms with E-state index in [0.717, 1.165) is 12.0 Å². The number of carboxylic acids is 1. The van der Waals surface area contributed by atoms with Crippen molar-refractivity contribution >= 4 is 5.97 Å². The van der Waals surface area contributed by atoms with Gasteiger partial charge in [0.05, 0.1) is 6.42 Å². The molecular weight excluding hydrogens is 176 g/mol. The molecule has 0 amide bonds. The molecule has 2 heteroatoms. The first-order valence-electron chi connectivity index (χ1n) is 4.94. The van der Waals surface area contributed by atoms with Gasteiger partial charge in [0.1, 0.15) is 0 Å². The Bertz CT molecular complexity index is 318. The average molecular weight is 192 g/mol. The quantitative estimate of drug-likeness (QED) is 0.796. The van der Waals surface area contributed by atoms with Gasteiger partial charge >= 0.3 is 5.97 Å². The summed E-state index contributed by atoms with van der Waals surface area (Å²) < 4.78 is 0. The predicted octanol–water partition coefficient (Wildman–Crippen LogP) is 2.83. The molecular formula is C12H16O2. The minimum Gasteiger partial charge on any atom is -0.481 e. The number of carboxylic acid groups (broad SMARTS) is 1. The van der Waals surface area contributed by atoms with E-state index in [1.54, 1.807) is 0 Å². The summed E-state index contributed by atoms with van der Waals surface area (Å²) in [6.07, 6.45) is 1.20. The first-order chi connectivity index (χ1) is 6.63. The van der Waals surface area contributed by atoms with Crippen LogP contribution < -0.4 is 0 Å². The fourth-order valence-corrected chi connectivity index (χ4v) is 1.50. The van der Waals surface area contributed by atoms with Gasteiger partial charge in [0.15, 0.2) is 0 Å². The first kappa shape index (κ1) is 10.8. The second-order valence-electron chi connectivity index (χ2n) is 3.60. The Hall–Kier alpha value is -1.31. The standard InChI is InChI=1S/C12H16O2/c1-3-10-5-4-6-11(8-10)9(2)7-12(13)14/h4-6,8-9H,3,7H2,1-2H3,(H,13,14). The lowest BCUT2D eigenvalue weighted by Gasteiger charge is -2.10. The van der Waals surface area contributed by atoms with E-state index < -0.39 is 5.97 Å². The van der Waals surface area contributed by atoms with Crippen LogP contribution in [0.2, 0.25) is 0 Å². The van der Waals surface area contributed by atoms with Gasteiger partial charge in [-0.25, -0.2) is 0 Å². The molecule has 2 nitrogen and oxygen atoms in total. The molecule has 0 aromatic heterocycles. The number of carbonyl (C=O) groups is 1. The Kier molecular flexibility index (Phi) is 3.69. The van der Waals surface area contributed by atoms with Crippen LogP contribution in [0.15, 0.2) is 24.3 Å². The van der Waals surface area contributed by atoms with Crippen molar-refractivity contribution in [2.45, 2.75) is 32.6 Å². The van der Waals surface area contributed by atoms with E-state index in [-0.39, 0.29) is 12.3 Å². The highest BCUT2D eigenvalue weighted by molar-refractivity contribution is 5.67. The van der Waals surface area contributed by atoms with Crippen molar-refractivity contribution in [1.82, 2.24) is 0 Å².